The van der Waals surface area contributed by atoms with E-state index in [2.05, 4.69) is 54.0 Å². The van der Waals surface area contributed by atoms with E-state index in [1.54, 1.807) is 0 Å². The lowest BCUT2D eigenvalue weighted by Gasteiger charge is -2.31. The number of hydrogen-bond donors (Lipinski definition) is 1. The van der Waals surface area contributed by atoms with Crippen LogP contribution in [0.4, 0.5) is 0 Å². The normalized spacial score (nSPS) is 21.2. The Morgan fingerprint density at radius 2 is 1.90 bits per heavy atom. The van der Waals surface area contributed by atoms with E-state index in [4.69, 9.17) is 10.5 Å². The molecular weight excluding hydrogens is 314 g/mol. The first kappa shape index (κ1) is 13.7. The summed E-state index contributed by atoms with van der Waals surface area (Å²) in [6.45, 7) is 4.24. The van der Waals surface area contributed by atoms with Crippen LogP contribution >= 0.6 is 15.9 Å². The molecule has 0 fully saturated rings. The van der Waals surface area contributed by atoms with Crippen LogP contribution in [0.3, 0.4) is 0 Å². The summed E-state index contributed by atoms with van der Waals surface area (Å²) >= 11 is 3.49. The van der Waals surface area contributed by atoms with E-state index in [1.165, 1.54) is 16.7 Å². The van der Waals surface area contributed by atoms with Gasteiger partial charge < -0.3 is 10.5 Å². The number of ether oxygens (including phenoxy) is 1. The Morgan fingerprint density at radius 3 is 2.65 bits per heavy atom. The van der Waals surface area contributed by atoms with Crippen molar-refractivity contribution in [1.82, 2.24) is 0 Å². The molecule has 1 aliphatic heterocycles. The topological polar surface area (TPSA) is 35.2 Å². The Labute approximate surface area is 128 Å². The first-order valence-electron chi connectivity index (χ1n) is 6.83. The fourth-order valence-corrected chi connectivity index (χ4v) is 3.23. The van der Waals surface area contributed by atoms with Gasteiger partial charge in [0.2, 0.25) is 0 Å². The molecule has 2 aromatic carbocycles. The van der Waals surface area contributed by atoms with Gasteiger partial charge in [0.25, 0.3) is 0 Å². The number of rotatable bonds is 1. The molecule has 2 aromatic rings. The zero-order valence-corrected chi connectivity index (χ0v) is 13.3. The van der Waals surface area contributed by atoms with Gasteiger partial charge in [0.05, 0.1) is 0 Å². The highest BCUT2D eigenvalue weighted by atomic mass is 79.9. The molecule has 0 spiro atoms. The maximum Gasteiger partial charge on any atom is 0.126 e. The van der Waals surface area contributed by atoms with Gasteiger partial charge in [0.1, 0.15) is 11.9 Å². The molecule has 0 aliphatic carbocycles. The molecule has 0 saturated heterocycles. The van der Waals surface area contributed by atoms with Crippen molar-refractivity contribution < 1.29 is 4.74 Å². The highest BCUT2D eigenvalue weighted by Crippen LogP contribution is 2.41. The smallest absolute Gasteiger partial charge is 0.126 e. The minimum absolute atomic E-state index is 0.0157. The van der Waals surface area contributed by atoms with Crippen molar-refractivity contribution in [3.8, 4) is 5.75 Å². The summed E-state index contributed by atoms with van der Waals surface area (Å²) in [7, 11) is 0. The average molecular weight is 332 g/mol. The molecule has 0 amide bonds. The van der Waals surface area contributed by atoms with Crippen molar-refractivity contribution in [2.24, 2.45) is 5.73 Å². The third-order valence-corrected chi connectivity index (χ3v) is 4.37. The molecule has 2 unspecified atom stereocenters. The van der Waals surface area contributed by atoms with Gasteiger partial charge in [-0.3, -0.25) is 0 Å². The standard InChI is InChI=1S/C17H18BrNO/c1-10-3-5-13(11(2)7-10)17-9-15(19)14-8-12(18)4-6-16(14)20-17/h3-8,15,17H,9,19H2,1-2H3. The second kappa shape index (κ2) is 5.23. The highest BCUT2D eigenvalue weighted by Gasteiger charge is 2.28. The first-order valence-corrected chi connectivity index (χ1v) is 7.63. The molecule has 1 aliphatic rings. The van der Waals surface area contributed by atoms with Crippen molar-refractivity contribution in [3.05, 3.63) is 63.1 Å². The Balaban J connectivity index is 1.97. The summed E-state index contributed by atoms with van der Waals surface area (Å²) in [5, 5.41) is 0. The van der Waals surface area contributed by atoms with Crippen LogP contribution in [-0.4, -0.2) is 0 Å². The number of halogens is 1. The van der Waals surface area contributed by atoms with Crippen LogP contribution in [0.25, 0.3) is 0 Å². The second-order valence-corrected chi connectivity index (χ2v) is 6.41. The SMILES string of the molecule is Cc1ccc(C2CC(N)c3cc(Br)ccc3O2)c(C)c1. The summed E-state index contributed by atoms with van der Waals surface area (Å²) in [5.74, 6) is 0.900. The first-order chi connectivity index (χ1) is 9.54. The number of benzene rings is 2. The van der Waals surface area contributed by atoms with Gasteiger partial charge in [-0.15, -0.1) is 0 Å². The average Bonchev–Trinajstić information content (AvgIpc) is 2.39. The Kier molecular flexibility index (Phi) is 3.57. The second-order valence-electron chi connectivity index (χ2n) is 5.49. The molecule has 0 saturated carbocycles. The number of nitrogens with two attached hydrogens (primary N) is 1. The Bertz CT molecular complexity index is 653. The number of fused-ring (bicyclic) bond motifs is 1. The molecule has 2 atom stereocenters. The third-order valence-electron chi connectivity index (χ3n) is 3.88. The summed E-state index contributed by atoms with van der Waals surface area (Å²) in [4.78, 5) is 0. The van der Waals surface area contributed by atoms with E-state index < -0.39 is 0 Å². The van der Waals surface area contributed by atoms with E-state index in [-0.39, 0.29) is 12.1 Å². The van der Waals surface area contributed by atoms with Crippen LogP contribution in [0.5, 0.6) is 5.75 Å². The molecule has 1 heterocycles. The number of aryl methyl sites for hydroxylation is 2. The van der Waals surface area contributed by atoms with Gasteiger partial charge in [0, 0.05) is 22.5 Å². The lowest BCUT2D eigenvalue weighted by Crippen LogP contribution is -2.24. The van der Waals surface area contributed by atoms with Crippen LogP contribution in [0.1, 0.15) is 40.8 Å². The largest absolute Gasteiger partial charge is 0.485 e. The minimum atomic E-state index is 0.0157. The summed E-state index contributed by atoms with van der Waals surface area (Å²) in [6, 6.07) is 12.5. The predicted molar refractivity (Wildman–Crippen MR) is 85.0 cm³/mol. The van der Waals surface area contributed by atoms with Crippen molar-refractivity contribution in [2.75, 3.05) is 0 Å². The molecule has 0 bridgehead atoms. The van der Waals surface area contributed by atoms with Gasteiger partial charge in [-0.05, 0) is 43.2 Å². The molecule has 2 N–H and O–H groups in total. The quantitative estimate of drug-likeness (QED) is 0.829. The van der Waals surface area contributed by atoms with E-state index in [0.717, 1.165) is 22.2 Å². The van der Waals surface area contributed by atoms with Crippen molar-refractivity contribution in [1.29, 1.82) is 0 Å². The third kappa shape index (κ3) is 2.48. The molecular formula is C17H18BrNO. The zero-order valence-electron chi connectivity index (χ0n) is 11.7. The lowest BCUT2D eigenvalue weighted by molar-refractivity contribution is 0.161. The maximum atomic E-state index is 6.32. The van der Waals surface area contributed by atoms with Gasteiger partial charge in [0.15, 0.2) is 0 Å². The van der Waals surface area contributed by atoms with E-state index in [0.29, 0.717) is 0 Å². The van der Waals surface area contributed by atoms with Crippen LogP contribution in [0, 0.1) is 13.8 Å². The molecule has 104 valence electrons. The van der Waals surface area contributed by atoms with E-state index >= 15 is 0 Å². The van der Waals surface area contributed by atoms with Gasteiger partial charge in [-0.2, -0.15) is 0 Å². The van der Waals surface area contributed by atoms with Gasteiger partial charge >= 0.3 is 0 Å². The van der Waals surface area contributed by atoms with Gasteiger partial charge in [-0.1, -0.05) is 39.7 Å². The summed E-state index contributed by atoms with van der Waals surface area (Å²) in [6.07, 6.45) is 0.854. The Morgan fingerprint density at radius 1 is 1.10 bits per heavy atom. The molecule has 2 nitrogen and oxygen atoms in total. The van der Waals surface area contributed by atoms with Crippen LogP contribution in [0.2, 0.25) is 0 Å². The molecule has 20 heavy (non-hydrogen) atoms. The summed E-state index contributed by atoms with van der Waals surface area (Å²) < 4.78 is 7.21. The maximum absolute atomic E-state index is 6.32. The highest BCUT2D eigenvalue weighted by molar-refractivity contribution is 9.10. The predicted octanol–water partition coefficient (Wildman–Crippen LogP) is 4.59. The zero-order chi connectivity index (χ0) is 14.3. The van der Waals surface area contributed by atoms with Gasteiger partial charge in [-0.25, -0.2) is 0 Å². The molecule has 3 heteroatoms. The fraction of sp³-hybridized carbons (Fsp3) is 0.294. The molecule has 3 rings (SSSR count). The Hall–Kier alpha value is -1.32. The van der Waals surface area contributed by atoms with Crippen LogP contribution in [0.15, 0.2) is 40.9 Å². The lowest BCUT2D eigenvalue weighted by atomic mass is 9.91. The minimum Gasteiger partial charge on any atom is -0.485 e. The van der Waals surface area contributed by atoms with Crippen LogP contribution in [-0.2, 0) is 0 Å². The van der Waals surface area contributed by atoms with Crippen molar-refractivity contribution in [2.45, 2.75) is 32.4 Å². The van der Waals surface area contributed by atoms with Crippen molar-refractivity contribution in [3.63, 3.8) is 0 Å². The van der Waals surface area contributed by atoms with Crippen LogP contribution < -0.4 is 10.5 Å². The van der Waals surface area contributed by atoms with E-state index in [9.17, 15) is 0 Å². The monoisotopic (exact) mass is 331 g/mol. The summed E-state index contributed by atoms with van der Waals surface area (Å²) in [5.41, 5.74) is 11.2. The molecule has 0 aromatic heterocycles. The fourth-order valence-electron chi connectivity index (χ4n) is 2.85. The molecule has 0 radical (unpaired) electrons. The number of hydrogen-bond acceptors (Lipinski definition) is 2. The van der Waals surface area contributed by atoms with E-state index in [1.807, 2.05) is 12.1 Å². The van der Waals surface area contributed by atoms with Crippen molar-refractivity contribution >= 4 is 15.9 Å².